The van der Waals surface area contributed by atoms with Gasteiger partial charge in [0.2, 0.25) is 0 Å². The molecule has 0 aliphatic rings. The standard InChI is InChI=1S/C8H14/c1-6-7(2)8(3,4)5/h1,7H,2-5H3/t7-/m0/s1. The SMILES string of the molecule is C#C[C@H](C)C(C)(C)C. The van der Waals surface area contributed by atoms with Crippen LogP contribution >= 0.6 is 0 Å². The fourth-order valence-corrected chi connectivity index (χ4v) is 0.250. The molecule has 0 spiro atoms. The van der Waals surface area contributed by atoms with E-state index >= 15 is 0 Å². The number of hydrogen-bond donors (Lipinski definition) is 0. The van der Waals surface area contributed by atoms with Gasteiger partial charge in [-0.2, -0.15) is 0 Å². The molecule has 0 radical (unpaired) electrons. The van der Waals surface area contributed by atoms with Crippen molar-refractivity contribution in [3.63, 3.8) is 0 Å². The molecule has 0 amide bonds. The molecule has 1 atom stereocenters. The van der Waals surface area contributed by atoms with E-state index < -0.39 is 0 Å². The lowest BCUT2D eigenvalue weighted by molar-refractivity contribution is 0.324. The van der Waals surface area contributed by atoms with Gasteiger partial charge in [-0.05, 0) is 5.41 Å². The van der Waals surface area contributed by atoms with Crippen molar-refractivity contribution in [2.45, 2.75) is 27.7 Å². The van der Waals surface area contributed by atoms with E-state index in [4.69, 9.17) is 6.42 Å². The van der Waals surface area contributed by atoms with E-state index in [1.165, 1.54) is 0 Å². The average molecular weight is 110 g/mol. The van der Waals surface area contributed by atoms with Crippen LogP contribution in [0.15, 0.2) is 0 Å². The van der Waals surface area contributed by atoms with E-state index in [0.29, 0.717) is 5.92 Å². The van der Waals surface area contributed by atoms with Crippen LogP contribution in [0, 0.1) is 23.7 Å². The molecule has 0 aliphatic carbocycles. The molecule has 0 fully saturated rings. The van der Waals surface area contributed by atoms with E-state index in [1.807, 2.05) is 0 Å². The molecule has 0 N–H and O–H groups in total. The van der Waals surface area contributed by atoms with Gasteiger partial charge in [0.05, 0.1) is 0 Å². The van der Waals surface area contributed by atoms with Crippen molar-refractivity contribution >= 4 is 0 Å². The molecule has 0 aromatic carbocycles. The molecular formula is C8H14. The Bertz CT molecular complexity index is 98.2. The maximum absolute atomic E-state index is 5.21. The minimum Gasteiger partial charge on any atom is -0.120 e. The van der Waals surface area contributed by atoms with Gasteiger partial charge in [0, 0.05) is 5.92 Å². The Hall–Kier alpha value is -0.440. The minimum absolute atomic E-state index is 0.273. The van der Waals surface area contributed by atoms with Crippen molar-refractivity contribution in [3.05, 3.63) is 0 Å². The first-order chi connectivity index (χ1) is 3.48. The molecule has 0 aromatic rings. The van der Waals surface area contributed by atoms with Gasteiger partial charge in [-0.3, -0.25) is 0 Å². The fourth-order valence-electron chi connectivity index (χ4n) is 0.250. The third-order valence-corrected chi connectivity index (χ3v) is 1.55. The summed E-state index contributed by atoms with van der Waals surface area (Å²) in [5, 5.41) is 0. The molecule has 0 unspecified atom stereocenters. The van der Waals surface area contributed by atoms with E-state index in [1.54, 1.807) is 0 Å². The van der Waals surface area contributed by atoms with Gasteiger partial charge >= 0.3 is 0 Å². The molecule has 0 nitrogen and oxygen atoms in total. The third kappa shape index (κ3) is 2.02. The Morgan fingerprint density at radius 1 is 1.38 bits per heavy atom. The van der Waals surface area contributed by atoms with E-state index in [9.17, 15) is 0 Å². The van der Waals surface area contributed by atoms with Crippen LogP contribution in [-0.2, 0) is 0 Å². The molecule has 0 rings (SSSR count). The minimum atomic E-state index is 0.273. The molecule has 0 aliphatic heterocycles. The lowest BCUT2D eigenvalue weighted by atomic mass is 9.83. The molecule has 0 bridgehead atoms. The van der Waals surface area contributed by atoms with Crippen molar-refractivity contribution in [2.24, 2.45) is 11.3 Å². The molecule has 46 valence electrons. The largest absolute Gasteiger partial charge is 0.120 e. The highest BCUT2D eigenvalue weighted by atomic mass is 14.2. The number of hydrogen-bond acceptors (Lipinski definition) is 0. The third-order valence-electron chi connectivity index (χ3n) is 1.55. The fraction of sp³-hybridized carbons (Fsp3) is 0.750. The van der Waals surface area contributed by atoms with Gasteiger partial charge in [-0.25, -0.2) is 0 Å². The smallest absolute Gasteiger partial charge is 0.0220 e. The zero-order valence-electron chi connectivity index (χ0n) is 6.15. The molecule has 0 heterocycles. The molecule has 0 aromatic heterocycles. The second kappa shape index (κ2) is 2.22. The average Bonchev–Trinajstić information content (AvgIpc) is 1.62. The van der Waals surface area contributed by atoms with Gasteiger partial charge in [0.25, 0.3) is 0 Å². The summed E-state index contributed by atoms with van der Waals surface area (Å²) in [5.74, 6) is 3.08. The number of rotatable bonds is 0. The zero-order chi connectivity index (χ0) is 6.78. The summed E-state index contributed by atoms with van der Waals surface area (Å²) < 4.78 is 0. The maximum atomic E-state index is 5.21. The van der Waals surface area contributed by atoms with Crippen LogP contribution in [0.25, 0.3) is 0 Å². The monoisotopic (exact) mass is 110 g/mol. The Balaban J connectivity index is 3.87. The summed E-state index contributed by atoms with van der Waals surface area (Å²) in [7, 11) is 0. The molecular weight excluding hydrogens is 96.1 g/mol. The highest BCUT2D eigenvalue weighted by molar-refractivity contribution is 4.95. The van der Waals surface area contributed by atoms with Gasteiger partial charge in [0.1, 0.15) is 0 Å². The van der Waals surface area contributed by atoms with E-state index in [2.05, 4.69) is 33.6 Å². The summed E-state index contributed by atoms with van der Waals surface area (Å²) >= 11 is 0. The second-order valence-corrected chi connectivity index (χ2v) is 3.25. The summed E-state index contributed by atoms with van der Waals surface area (Å²) in [5.41, 5.74) is 0.273. The normalized spacial score (nSPS) is 14.9. The predicted molar refractivity (Wildman–Crippen MR) is 37.5 cm³/mol. The van der Waals surface area contributed by atoms with Crippen LogP contribution in [0.3, 0.4) is 0 Å². The van der Waals surface area contributed by atoms with Gasteiger partial charge in [-0.1, -0.05) is 27.7 Å². The van der Waals surface area contributed by atoms with Crippen molar-refractivity contribution in [2.75, 3.05) is 0 Å². The maximum Gasteiger partial charge on any atom is 0.0220 e. The van der Waals surface area contributed by atoms with E-state index in [0.717, 1.165) is 0 Å². The molecule has 0 saturated heterocycles. The van der Waals surface area contributed by atoms with Gasteiger partial charge in [-0.15, -0.1) is 12.3 Å². The highest BCUT2D eigenvalue weighted by Crippen LogP contribution is 2.23. The van der Waals surface area contributed by atoms with Gasteiger partial charge < -0.3 is 0 Å². The van der Waals surface area contributed by atoms with Crippen molar-refractivity contribution in [1.82, 2.24) is 0 Å². The van der Waals surface area contributed by atoms with Crippen molar-refractivity contribution < 1.29 is 0 Å². The first-order valence-electron chi connectivity index (χ1n) is 2.94. The van der Waals surface area contributed by atoms with Crippen LogP contribution in [0.1, 0.15) is 27.7 Å². The van der Waals surface area contributed by atoms with Crippen molar-refractivity contribution in [3.8, 4) is 12.3 Å². The summed E-state index contributed by atoms with van der Waals surface area (Å²) in [6, 6.07) is 0. The first-order valence-corrected chi connectivity index (χ1v) is 2.94. The summed E-state index contributed by atoms with van der Waals surface area (Å²) in [4.78, 5) is 0. The van der Waals surface area contributed by atoms with Crippen LogP contribution in [0.5, 0.6) is 0 Å². The van der Waals surface area contributed by atoms with Gasteiger partial charge in [0.15, 0.2) is 0 Å². The number of terminal acetylenes is 1. The predicted octanol–water partition coefficient (Wildman–Crippen LogP) is 2.30. The molecule has 8 heavy (non-hydrogen) atoms. The molecule has 0 saturated carbocycles. The Labute approximate surface area is 52.3 Å². The van der Waals surface area contributed by atoms with Crippen molar-refractivity contribution in [1.29, 1.82) is 0 Å². The summed E-state index contributed by atoms with van der Waals surface area (Å²) in [6.07, 6.45) is 5.21. The quantitative estimate of drug-likeness (QED) is 0.420. The summed E-state index contributed by atoms with van der Waals surface area (Å²) in [6.45, 7) is 8.52. The lowest BCUT2D eigenvalue weighted by Gasteiger charge is -2.21. The van der Waals surface area contributed by atoms with E-state index in [-0.39, 0.29) is 5.41 Å². The zero-order valence-corrected chi connectivity index (χ0v) is 6.15. The van der Waals surface area contributed by atoms with Crippen LogP contribution in [0.2, 0.25) is 0 Å². The van der Waals surface area contributed by atoms with Crippen LogP contribution < -0.4 is 0 Å². The Morgan fingerprint density at radius 2 is 1.75 bits per heavy atom. The molecule has 0 heteroatoms. The van der Waals surface area contributed by atoms with Crippen LogP contribution in [-0.4, -0.2) is 0 Å². The first kappa shape index (κ1) is 7.56. The Morgan fingerprint density at radius 3 is 1.75 bits per heavy atom. The second-order valence-electron chi connectivity index (χ2n) is 3.25. The topological polar surface area (TPSA) is 0 Å². The van der Waals surface area contributed by atoms with Crippen LogP contribution in [0.4, 0.5) is 0 Å². The Kier molecular flexibility index (Phi) is 2.10. The highest BCUT2D eigenvalue weighted by Gasteiger charge is 2.16. The lowest BCUT2D eigenvalue weighted by Crippen LogP contribution is -2.14.